The highest BCUT2D eigenvalue weighted by molar-refractivity contribution is 6.51. The van der Waals surface area contributed by atoms with E-state index in [1.54, 1.807) is 24.3 Å². The third kappa shape index (κ3) is 2.59. The van der Waals surface area contributed by atoms with E-state index in [4.69, 9.17) is 10.2 Å². The average Bonchev–Trinajstić information content (AvgIpc) is 2.03. The van der Waals surface area contributed by atoms with Gasteiger partial charge in [-0.05, 0) is 25.2 Å². The number of hydrogen-bond acceptors (Lipinski definition) is 3. The van der Waals surface area contributed by atoms with Crippen LogP contribution < -0.4 is 5.73 Å². The van der Waals surface area contributed by atoms with Crippen molar-refractivity contribution in [3.05, 3.63) is 29.8 Å². The largest absolute Gasteiger partial charge is 0.515 e. The summed E-state index contributed by atoms with van der Waals surface area (Å²) in [5, 5.41) is 0. The molecule has 1 radical (unpaired) electrons. The fourth-order valence-electron chi connectivity index (χ4n) is 0.923. The zero-order valence-electron chi connectivity index (χ0n) is 7.70. The van der Waals surface area contributed by atoms with Gasteiger partial charge in [0.2, 0.25) is 0 Å². The van der Waals surface area contributed by atoms with Gasteiger partial charge >= 0.3 is 5.97 Å². The van der Waals surface area contributed by atoms with E-state index < -0.39 is 9.04 Å². The second-order valence-corrected chi connectivity index (χ2v) is 4.91. The Kier molecular flexibility index (Phi) is 3.08. The molecule has 0 aliphatic rings. The van der Waals surface area contributed by atoms with Gasteiger partial charge in [-0.1, -0.05) is 12.1 Å². The van der Waals surface area contributed by atoms with Gasteiger partial charge in [0.15, 0.2) is 0 Å². The van der Waals surface area contributed by atoms with Gasteiger partial charge in [-0.3, -0.25) is 0 Å². The van der Waals surface area contributed by atoms with Gasteiger partial charge in [-0.15, -0.1) is 0 Å². The van der Waals surface area contributed by atoms with E-state index in [1.807, 2.05) is 13.1 Å². The highest BCUT2D eigenvalue weighted by atomic mass is 28.3. The van der Waals surface area contributed by atoms with Gasteiger partial charge in [0.05, 0.1) is 5.56 Å². The summed E-state index contributed by atoms with van der Waals surface area (Å²) in [5.41, 5.74) is 6.53. The highest BCUT2D eigenvalue weighted by Gasteiger charge is 2.12. The van der Waals surface area contributed by atoms with Crippen molar-refractivity contribution in [1.29, 1.82) is 0 Å². The first-order chi connectivity index (χ1) is 6.11. The van der Waals surface area contributed by atoms with Gasteiger partial charge in [0.25, 0.3) is 9.04 Å². The van der Waals surface area contributed by atoms with Gasteiger partial charge < -0.3 is 10.2 Å². The molecule has 1 aromatic carbocycles. The molecule has 4 heteroatoms. The van der Waals surface area contributed by atoms with Crippen LogP contribution in [0.2, 0.25) is 13.1 Å². The Hall–Kier alpha value is -1.29. The molecule has 0 atom stereocenters. The first-order valence-electron chi connectivity index (χ1n) is 3.98. The number of nitrogen functional groups attached to an aromatic ring is 1. The first-order valence-corrected chi connectivity index (χ1v) is 6.39. The van der Waals surface area contributed by atoms with Crippen molar-refractivity contribution in [2.75, 3.05) is 5.73 Å². The molecule has 0 fully saturated rings. The number of benzene rings is 1. The fourth-order valence-corrected chi connectivity index (χ4v) is 1.40. The summed E-state index contributed by atoms with van der Waals surface area (Å²) >= 11 is 0. The van der Waals surface area contributed by atoms with E-state index in [0.717, 1.165) is 0 Å². The summed E-state index contributed by atoms with van der Waals surface area (Å²) in [6, 6.07) is 6.91. The minimum atomic E-state index is -1.00. The molecule has 0 bridgehead atoms. The molecule has 0 amide bonds. The Morgan fingerprint density at radius 2 is 2.00 bits per heavy atom. The van der Waals surface area contributed by atoms with Crippen LogP contribution in [0.4, 0.5) is 5.69 Å². The van der Waals surface area contributed by atoms with Gasteiger partial charge in [-0.2, -0.15) is 0 Å². The van der Waals surface area contributed by atoms with E-state index in [9.17, 15) is 4.79 Å². The summed E-state index contributed by atoms with van der Waals surface area (Å²) < 4.78 is 5.10. The Bertz CT molecular complexity index is 312. The lowest BCUT2D eigenvalue weighted by Crippen LogP contribution is -2.16. The normalized spacial score (nSPS) is 10.1. The van der Waals surface area contributed by atoms with Crippen molar-refractivity contribution in [2.24, 2.45) is 0 Å². The number of rotatable bonds is 2. The quantitative estimate of drug-likeness (QED) is 0.575. The van der Waals surface area contributed by atoms with Crippen LogP contribution in [0, 0.1) is 0 Å². The van der Waals surface area contributed by atoms with E-state index in [1.165, 1.54) is 0 Å². The molecule has 0 aliphatic heterocycles. The molecule has 2 N–H and O–H groups in total. The maximum absolute atomic E-state index is 11.4. The van der Waals surface area contributed by atoms with Crippen molar-refractivity contribution in [3.63, 3.8) is 0 Å². The highest BCUT2D eigenvalue weighted by Crippen LogP contribution is 2.11. The number of carbonyl (C=O) groups is 1. The summed E-state index contributed by atoms with van der Waals surface area (Å²) in [7, 11) is -1.00. The van der Waals surface area contributed by atoms with Crippen molar-refractivity contribution in [3.8, 4) is 0 Å². The number of hydrogen-bond donors (Lipinski definition) is 1. The summed E-state index contributed by atoms with van der Waals surface area (Å²) in [5.74, 6) is -0.322. The zero-order valence-corrected chi connectivity index (χ0v) is 8.70. The van der Waals surface area contributed by atoms with Crippen molar-refractivity contribution >= 4 is 20.7 Å². The molecule has 0 spiro atoms. The predicted octanol–water partition coefficient (Wildman–Crippen LogP) is 1.68. The van der Waals surface area contributed by atoms with Crippen LogP contribution in [0.15, 0.2) is 24.3 Å². The van der Waals surface area contributed by atoms with Gasteiger partial charge in [-0.25, -0.2) is 4.79 Å². The molecule has 0 aromatic heterocycles. The topological polar surface area (TPSA) is 52.3 Å². The Morgan fingerprint density at radius 3 is 2.54 bits per heavy atom. The molecule has 0 aliphatic carbocycles. The molecule has 0 saturated carbocycles. The lowest BCUT2D eigenvalue weighted by Gasteiger charge is -2.07. The second-order valence-electron chi connectivity index (χ2n) is 2.89. The van der Waals surface area contributed by atoms with Crippen LogP contribution >= 0.6 is 0 Å². The van der Waals surface area contributed by atoms with E-state index >= 15 is 0 Å². The molecular weight excluding hydrogens is 182 g/mol. The molecule has 13 heavy (non-hydrogen) atoms. The van der Waals surface area contributed by atoms with Crippen LogP contribution in [0.1, 0.15) is 10.4 Å². The second kappa shape index (κ2) is 4.09. The summed E-state index contributed by atoms with van der Waals surface area (Å²) in [6.07, 6.45) is 0. The fraction of sp³-hybridized carbons (Fsp3) is 0.222. The van der Waals surface area contributed by atoms with Crippen LogP contribution in [0.3, 0.4) is 0 Å². The molecule has 3 nitrogen and oxygen atoms in total. The standard InChI is InChI=1S/C9H12NO2Si/c1-13(2)12-9(11)7-5-3-4-6-8(7)10/h3-6H,10H2,1-2H3. The molecule has 1 rings (SSSR count). The van der Waals surface area contributed by atoms with Crippen LogP contribution in [0.25, 0.3) is 0 Å². The zero-order chi connectivity index (χ0) is 9.84. The lowest BCUT2D eigenvalue weighted by molar-refractivity contribution is 0.0736. The molecule has 0 unspecified atom stereocenters. The van der Waals surface area contributed by atoms with Crippen LogP contribution in [-0.4, -0.2) is 15.0 Å². The van der Waals surface area contributed by atoms with Gasteiger partial charge in [0, 0.05) is 5.69 Å². The molecule has 1 aromatic rings. The monoisotopic (exact) mass is 194 g/mol. The Labute approximate surface area is 79.2 Å². The number of para-hydroxylation sites is 1. The van der Waals surface area contributed by atoms with E-state index in [-0.39, 0.29) is 5.97 Å². The summed E-state index contributed by atoms with van der Waals surface area (Å²) in [6.45, 7) is 3.81. The Balaban J connectivity index is 2.83. The van der Waals surface area contributed by atoms with E-state index in [0.29, 0.717) is 11.3 Å². The minimum Gasteiger partial charge on any atom is -0.515 e. The smallest absolute Gasteiger partial charge is 0.326 e. The number of carbonyl (C=O) groups excluding carboxylic acids is 1. The molecule has 0 heterocycles. The summed E-state index contributed by atoms with van der Waals surface area (Å²) in [4.78, 5) is 11.4. The predicted molar refractivity (Wildman–Crippen MR) is 53.8 cm³/mol. The number of nitrogens with two attached hydrogens (primary N) is 1. The molecule has 0 saturated heterocycles. The minimum absolute atomic E-state index is 0.322. The van der Waals surface area contributed by atoms with Crippen molar-refractivity contribution in [2.45, 2.75) is 13.1 Å². The van der Waals surface area contributed by atoms with Crippen LogP contribution in [-0.2, 0) is 4.43 Å². The van der Waals surface area contributed by atoms with E-state index in [2.05, 4.69) is 0 Å². The van der Waals surface area contributed by atoms with Gasteiger partial charge in [0.1, 0.15) is 0 Å². The molecular formula is C9H12NO2Si. The third-order valence-electron chi connectivity index (χ3n) is 1.48. The van der Waals surface area contributed by atoms with Crippen molar-refractivity contribution in [1.82, 2.24) is 0 Å². The van der Waals surface area contributed by atoms with Crippen molar-refractivity contribution < 1.29 is 9.22 Å². The maximum atomic E-state index is 11.4. The third-order valence-corrected chi connectivity index (χ3v) is 2.07. The maximum Gasteiger partial charge on any atom is 0.326 e. The molecule has 69 valence electrons. The number of anilines is 1. The SMILES string of the molecule is C[Si](C)OC(=O)c1ccccc1N. The van der Waals surface area contributed by atoms with Crippen LogP contribution in [0.5, 0.6) is 0 Å². The average molecular weight is 194 g/mol. The first kappa shape index (κ1) is 9.79. The Morgan fingerprint density at radius 1 is 1.38 bits per heavy atom. The lowest BCUT2D eigenvalue weighted by atomic mass is 10.2.